The maximum absolute atomic E-state index is 12.2. The third-order valence-electron chi connectivity index (χ3n) is 2.98. The fraction of sp³-hybridized carbons (Fsp3) is 0.375. The monoisotopic (exact) mass is 307 g/mol. The van der Waals surface area contributed by atoms with Crippen LogP contribution in [0, 0.1) is 0 Å². The minimum Gasteiger partial charge on any atom is -0.381 e. The van der Waals surface area contributed by atoms with Crippen molar-refractivity contribution in [1.29, 1.82) is 0 Å². The number of anilines is 1. The van der Waals surface area contributed by atoms with E-state index in [0.717, 1.165) is 17.8 Å². The molecule has 2 aromatic rings. The van der Waals surface area contributed by atoms with E-state index in [4.69, 9.17) is 0 Å². The fourth-order valence-corrected chi connectivity index (χ4v) is 3.32. The van der Waals surface area contributed by atoms with Gasteiger partial charge in [0.2, 0.25) is 0 Å². The largest absolute Gasteiger partial charge is 0.381 e. The third kappa shape index (κ3) is 4.46. The predicted octanol–water partition coefficient (Wildman–Crippen LogP) is 4.41. The summed E-state index contributed by atoms with van der Waals surface area (Å²) in [5.41, 5.74) is 3.49. The Morgan fingerprint density at radius 1 is 1.20 bits per heavy atom. The molecular formula is C16H21NOS2. The highest BCUT2D eigenvalue weighted by molar-refractivity contribution is 7.85. The first kappa shape index (κ1) is 15.3. The lowest BCUT2D eigenvalue weighted by molar-refractivity contribution is 0.648. The van der Waals surface area contributed by atoms with Gasteiger partial charge in [0, 0.05) is 33.5 Å². The van der Waals surface area contributed by atoms with Gasteiger partial charge in [-0.05, 0) is 60.9 Å². The Labute approximate surface area is 127 Å². The molecular weight excluding hydrogens is 286 g/mol. The van der Waals surface area contributed by atoms with Gasteiger partial charge in [0.15, 0.2) is 0 Å². The van der Waals surface area contributed by atoms with Crippen LogP contribution in [0.3, 0.4) is 0 Å². The Balaban J connectivity index is 1.99. The van der Waals surface area contributed by atoms with Gasteiger partial charge in [0.05, 0.1) is 0 Å². The average molecular weight is 307 g/mol. The molecule has 0 saturated heterocycles. The summed E-state index contributed by atoms with van der Waals surface area (Å²) in [6, 6.07) is 10.3. The minimum atomic E-state index is -0.856. The second kappa shape index (κ2) is 6.55. The number of thiophene rings is 1. The quantitative estimate of drug-likeness (QED) is 0.886. The molecule has 0 fully saturated rings. The van der Waals surface area contributed by atoms with Crippen LogP contribution < -0.4 is 5.32 Å². The lowest BCUT2D eigenvalue weighted by Crippen LogP contribution is -2.22. The molecule has 1 aromatic carbocycles. The molecule has 108 valence electrons. The molecule has 0 aliphatic heterocycles. The molecule has 0 saturated carbocycles. The Morgan fingerprint density at radius 3 is 2.65 bits per heavy atom. The van der Waals surface area contributed by atoms with E-state index in [-0.39, 0.29) is 4.75 Å². The lowest BCUT2D eigenvalue weighted by Gasteiger charge is -2.18. The molecule has 0 aliphatic rings. The van der Waals surface area contributed by atoms with Crippen molar-refractivity contribution < 1.29 is 4.21 Å². The van der Waals surface area contributed by atoms with Gasteiger partial charge in [-0.3, -0.25) is 4.21 Å². The van der Waals surface area contributed by atoms with Gasteiger partial charge in [-0.15, -0.1) is 0 Å². The van der Waals surface area contributed by atoms with Gasteiger partial charge in [-0.2, -0.15) is 11.3 Å². The van der Waals surface area contributed by atoms with Gasteiger partial charge in [0.25, 0.3) is 0 Å². The minimum absolute atomic E-state index is 0.167. The van der Waals surface area contributed by atoms with E-state index in [9.17, 15) is 4.21 Å². The van der Waals surface area contributed by atoms with Crippen LogP contribution in [0.1, 0.15) is 31.9 Å². The first-order valence-electron chi connectivity index (χ1n) is 6.67. The van der Waals surface area contributed by atoms with Gasteiger partial charge in [-0.1, -0.05) is 12.1 Å². The van der Waals surface area contributed by atoms with Crippen molar-refractivity contribution in [2.45, 2.75) is 37.8 Å². The molecule has 0 radical (unpaired) electrons. The van der Waals surface area contributed by atoms with Crippen LogP contribution in [0.25, 0.3) is 0 Å². The number of benzene rings is 1. The Hall–Kier alpha value is -1.13. The van der Waals surface area contributed by atoms with Crippen LogP contribution in [0.5, 0.6) is 0 Å². The molecule has 1 N–H and O–H groups in total. The summed E-state index contributed by atoms with van der Waals surface area (Å²) in [6.07, 6.45) is 0. The molecule has 1 aromatic heterocycles. The maximum Gasteiger partial charge on any atom is 0.0491 e. The smallest absolute Gasteiger partial charge is 0.0491 e. The van der Waals surface area contributed by atoms with E-state index in [1.807, 2.05) is 32.9 Å². The van der Waals surface area contributed by atoms with Crippen molar-refractivity contribution in [1.82, 2.24) is 0 Å². The highest BCUT2D eigenvalue weighted by Crippen LogP contribution is 2.19. The first-order chi connectivity index (χ1) is 9.45. The van der Waals surface area contributed by atoms with Crippen LogP contribution in [0.2, 0.25) is 0 Å². The van der Waals surface area contributed by atoms with E-state index in [1.165, 1.54) is 5.56 Å². The molecule has 1 atom stereocenters. The molecule has 4 heteroatoms. The zero-order chi connectivity index (χ0) is 14.6. The zero-order valence-electron chi connectivity index (χ0n) is 12.2. The molecule has 0 spiro atoms. The summed E-state index contributed by atoms with van der Waals surface area (Å²) < 4.78 is 12.0. The molecule has 1 heterocycles. The summed E-state index contributed by atoms with van der Waals surface area (Å²) >= 11 is 1.71. The van der Waals surface area contributed by atoms with Crippen LogP contribution in [-0.2, 0) is 23.1 Å². The Morgan fingerprint density at radius 2 is 2.00 bits per heavy atom. The van der Waals surface area contributed by atoms with Gasteiger partial charge >= 0.3 is 0 Å². The molecule has 0 unspecified atom stereocenters. The average Bonchev–Trinajstić information content (AvgIpc) is 2.89. The maximum atomic E-state index is 12.2. The number of hydrogen-bond donors (Lipinski definition) is 1. The van der Waals surface area contributed by atoms with Gasteiger partial charge in [-0.25, -0.2) is 0 Å². The topological polar surface area (TPSA) is 29.1 Å². The van der Waals surface area contributed by atoms with Gasteiger partial charge < -0.3 is 5.32 Å². The van der Waals surface area contributed by atoms with Crippen LogP contribution in [-0.4, -0.2) is 8.96 Å². The Bertz CT molecular complexity index is 570. The second-order valence-electron chi connectivity index (χ2n) is 5.79. The summed E-state index contributed by atoms with van der Waals surface area (Å²) in [6.45, 7) is 6.88. The normalized spacial score (nSPS) is 13.2. The van der Waals surface area contributed by atoms with Crippen LogP contribution in [0.4, 0.5) is 5.69 Å². The summed E-state index contributed by atoms with van der Waals surface area (Å²) in [5, 5.41) is 7.63. The SMILES string of the molecule is CC(C)(C)[S@](=O)Cc1cccc(NCc2ccsc2)c1. The number of nitrogens with one attached hydrogen (secondary N) is 1. The van der Waals surface area contributed by atoms with E-state index in [2.05, 4.69) is 34.3 Å². The summed E-state index contributed by atoms with van der Waals surface area (Å²) in [4.78, 5) is 0. The van der Waals surface area contributed by atoms with E-state index >= 15 is 0 Å². The first-order valence-corrected chi connectivity index (χ1v) is 8.94. The second-order valence-corrected chi connectivity index (χ2v) is 8.77. The molecule has 2 rings (SSSR count). The highest BCUT2D eigenvalue weighted by Gasteiger charge is 2.19. The van der Waals surface area contributed by atoms with Crippen LogP contribution in [0.15, 0.2) is 41.1 Å². The van der Waals surface area contributed by atoms with Crippen molar-refractivity contribution in [3.05, 3.63) is 52.2 Å². The van der Waals surface area contributed by atoms with Gasteiger partial charge in [0.1, 0.15) is 0 Å². The molecule has 0 aliphatic carbocycles. The lowest BCUT2D eigenvalue weighted by atomic mass is 10.2. The molecule has 0 bridgehead atoms. The van der Waals surface area contributed by atoms with Crippen molar-refractivity contribution >= 4 is 27.8 Å². The van der Waals surface area contributed by atoms with Crippen molar-refractivity contribution in [3.63, 3.8) is 0 Å². The molecule has 20 heavy (non-hydrogen) atoms. The Kier molecular flexibility index (Phi) is 5.00. The third-order valence-corrected chi connectivity index (χ3v) is 5.68. The van der Waals surface area contributed by atoms with E-state index in [1.54, 1.807) is 11.3 Å². The zero-order valence-corrected chi connectivity index (χ0v) is 13.8. The standard InChI is InChI=1S/C16H21NOS2/c1-16(2,3)20(18)12-13-5-4-6-15(9-13)17-10-14-7-8-19-11-14/h4-9,11,17H,10,12H2,1-3H3/t20-/m1/s1. The summed E-state index contributed by atoms with van der Waals surface area (Å²) in [7, 11) is -0.856. The van der Waals surface area contributed by atoms with Crippen molar-refractivity contribution in [2.75, 3.05) is 5.32 Å². The molecule has 2 nitrogen and oxygen atoms in total. The van der Waals surface area contributed by atoms with Crippen LogP contribution >= 0.6 is 11.3 Å². The predicted molar refractivity (Wildman–Crippen MR) is 89.7 cm³/mol. The number of hydrogen-bond acceptors (Lipinski definition) is 3. The van der Waals surface area contributed by atoms with Crippen molar-refractivity contribution in [2.24, 2.45) is 0 Å². The van der Waals surface area contributed by atoms with E-state index in [0.29, 0.717) is 5.75 Å². The van der Waals surface area contributed by atoms with E-state index < -0.39 is 10.8 Å². The fourth-order valence-electron chi connectivity index (χ4n) is 1.74. The molecule has 0 amide bonds. The number of rotatable bonds is 5. The van der Waals surface area contributed by atoms with Crippen molar-refractivity contribution in [3.8, 4) is 0 Å². The summed E-state index contributed by atoms with van der Waals surface area (Å²) in [5.74, 6) is 0.609. The highest BCUT2D eigenvalue weighted by atomic mass is 32.2.